The molecule has 0 spiro atoms. The maximum absolute atomic E-state index is 12.2. The molecular weight excluding hydrogens is 374 g/mol. The third-order valence-electron chi connectivity index (χ3n) is 4.98. The Morgan fingerprint density at radius 1 is 1.18 bits per heavy atom. The van der Waals surface area contributed by atoms with Gasteiger partial charge < -0.3 is 10.1 Å². The highest BCUT2D eigenvalue weighted by atomic mass is 35.5. The molecule has 0 radical (unpaired) electrons. The summed E-state index contributed by atoms with van der Waals surface area (Å²) < 4.78 is 0. The Morgan fingerprint density at radius 3 is 2.86 bits per heavy atom. The van der Waals surface area contributed by atoms with Gasteiger partial charge in [-0.25, -0.2) is 4.98 Å². The van der Waals surface area contributed by atoms with Crippen molar-refractivity contribution in [1.29, 1.82) is 0 Å². The summed E-state index contributed by atoms with van der Waals surface area (Å²) >= 11 is 6.28. The monoisotopic (exact) mass is 395 g/mol. The summed E-state index contributed by atoms with van der Waals surface area (Å²) in [5.74, 6) is 0.517. The van der Waals surface area contributed by atoms with Gasteiger partial charge in [0.1, 0.15) is 5.82 Å². The fourth-order valence-corrected chi connectivity index (χ4v) is 3.88. The second-order valence-corrected chi connectivity index (χ2v) is 7.60. The van der Waals surface area contributed by atoms with E-state index in [1.54, 1.807) is 6.07 Å². The van der Waals surface area contributed by atoms with Gasteiger partial charge in [0.25, 0.3) is 5.56 Å². The minimum absolute atomic E-state index is 0.218. The summed E-state index contributed by atoms with van der Waals surface area (Å²) in [7, 11) is 0. The van der Waals surface area contributed by atoms with Gasteiger partial charge in [0.2, 0.25) is 0 Å². The first kappa shape index (κ1) is 18.9. The minimum atomic E-state index is -0.248. The van der Waals surface area contributed by atoms with Crippen molar-refractivity contribution in [2.24, 2.45) is 0 Å². The van der Waals surface area contributed by atoms with E-state index in [0.29, 0.717) is 23.1 Å². The SMILES string of the molecule is O=c1cc(-c2ccccc2Cl)nc(-c2cccc(CN3CCC[C@@H](O)C3)c2)[nH]1. The van der Waals surface area contributed by atoms with Crippen molar-refractivity contribution >= 4 is 11.6 Å². The van der Waals surface area contributed by atoms with Crippen molar-refractivity contribution in [3.8, 4) is 22.6 Å². The van der Waals surface area contributed by atoms with Crippen LogP contribution in [0.5, 0.6) is 0 Å². The number of piperidine rings is 1. The molecule has 1 aliphatic heterocycles. The molecule has 1 atom stereocenters. The number of hydrogen-bond donors (Lipinski definition) is 2. The zero-order chi connectivity index (χ0) is 19.5. The molecule has 1 aromatic heterocycles. The van der Waals surface area contributed by atoms with Gasteiger partial charge in [-0.15, -0.1) is 0 Å². The zero-order valence-corrected chi connectivity index (χ0v) is 16.2. The highest BCUT2D eigenvalue weighted by Gasteiger charge is 2.18. The Balaban J connectivity index is 1.64. The lowest BCUT2D eigenvalue weighted by Gasteiger charge is -2.30. The molecule has 4 rings (SSSR count). The van der Waals surface area contributed by atoms with Crippen LogP contribution in [0.2, 0.25) is 5.02 Å². The molecular formula is C22H22ClN3O2. The first-order valence-electron chi connectivity index (χ1n) is 9.44. The van der Waals surface area contributed by atoms with Crippen molar-refractivity contribution in [3.05, 3.63) is 75.5 Å². The maximum Gasteiger partial charge on any atom is 0.251 e. The second kappa shape index (κ2) is 8.27. The highest BCUT2D eigenvalue weighted by molar-refractivity contribution is 6.33. The summed E-state index contributed by atoms with van der Waals surface area (Å²) in [6.07, 6.45) is 1.63. The summed E-state index contributed by atoms with van der Waals surface area (Å²) in [5.41, 5.74) is 3.03. The van der Waals surface area contributed by atoms with Crippen molar-refractivity contribution in [2.45, 2.75) is 25.5 Å². The van der Waals surface area contributed by atoms with E-state index in [0.717, 1.165) is 42.6 Å². The normalized spacial score (nSPS) is 17.6. The van der Waals surface area contributed by atoms with E-state index in [1.807, 2.05) is 36.4 Å². The van der Waals surface area contributed by atoms with Crippen LogP contribution in [0.4, 0.5) is 0 Å². The second-order valence-electron chi connectivity index (χ2n) is 7.19. The largest absolute Gasteiger partial charge is 0.392 e. The molecule has 1 saturated heterocycles. The number of rotatable bonds is 4. The Labute approximate surface area is 168 Å². The molecule has 2 heterocycles. The van der Waals surface area contributed by atoms with E-state index in [1.165, 1.54) is 6.07 Å². The maximum atomic E-state index is 12.2. The number of aromatic nitrogens is 2. The molecule has 3 aromatic rings. The van der Waals surface area contributed by atoms with Gasteiger partial charge in [-0.05, 0) is 37.1 Å². The van der Waals surface area contributed by atoms with Crippen LogP contribution in [-0.2, 0) is 6.54 Å². The third kappa shape index (κ3) is 4.33. The van der Waals surface area contributed by atoms with Gasteiger partial charge in [0.05, 0.1) is 11.8 Å². The molecule has 0 aliphatic carbocycles. The predicted octanol–water partition coefficient (Wildman–Crippen LogP) is 3.71. The fourth-order valence-electron chi connectivity index (χ4n) is 3.65. The van der Waals surface area contributed by atoms with E-state index in [2.05, 4.69) is 20.9 Å². The molecule has 0 bridgehead atoms. The lowest BCUT2D eigenvalue weighted by Crippen LogP contribution is -2.37. The standard InChI is InChI=1S/C22H22ClN3O2/c23-19-9-2-1-8-18(19)20-12-21(28)25-22(24-20)16-6-3-5-15(11-16)13-26-10-4-7-17(27)14-26/h1-3,5-6,8-9,11-12,17,27H,4,7,10,13-14H2,(H,24,25,28)/t17-/m1/s1. The molecule has 0 unspecified atom stereocenters. The number of halogens is 1. The number of β-amino-alcohol motifs (C(OH)–C–C–N with tert-alkyl or cyclic N) is 1. The summed E-state index contributed by atoms with van der Waals surface area (Å²) in [6, 6.07) is 16.8. The number of nitrogens with one attached hydrogen (secondary N) is 1. The van der Waals surface area contributed by atoms with Crippen molar-refractivity contribution in [3.63, 3.8) is 0 Å². The number of aliphatic hydroxyl groups is 1. The predicted molar refractivity (Wildman–Crippen MR) is 111 cm³/mol. The van der Waals surface area contributed by atoms with Crippen LogP contribution >= 0.6 is 11.6 Å². The van der Waals surface area contributed by atoms with Crippen molar-refractivity contribution in [2.75, 3.05) is 13.1 Å². The fraction of sp³-hybridized carbons (Fsp3) is 0.273. The van der Waals surface area contributed by atoms with Gasteiger partial charge >= 0.3 is 0 Å². The van der Waals surface area contributed by atoms with Crippen LogP contribution in [0.1, 0.15) is 18.4 Å². The van der Waals surface area contributed by atoms with Gasteiger partial charge in [0, 0.05) is 35.3 Å². The average Bonchev–Trinajstić information content (AvgIpc) is 2.68. The quantitative estimate of drug-likeness (QED) is 0.706. The Kier molecular flexibility index (Phi) is 5.57. The first-order chi connectivity index (χ1) is 13.6. The van der Waals surface area contributed by atoms with Crippen molar-refractivity contribution in [1.82, 2.24) is 14.9 Å². The molecule has 0 saturated carbocycles. The van der Waals surface area contributed by atoms with Crippen LogP contribution in [0.3, 0.4) is 0 Å². The van der Waals surface area contributed by atoms with Crippen molar-refractivity contribution < 1.29 is 5.11 Å². The Morgan fingerprint density at radius 2 is 2.04 bits per heavy atom. The molecule has 2 aromatic carbocycles. The number of benzene rings is 2. The van der Waals surface area contributed by atoms with Crippen LogP contribution in [0, 0.1) is 0 Å². The summed E-state index contributed by atoms with van der Waals surface area (Å²) in [5, 5.41) is 10.4. The molecule has 5 nitrogen and oxygen atoms in total. The molecule has 2 N–H and O–H groups in total. The molecule has 6 heteroatoms. The van der Waals surface area contributed by atoms with E-state index in [9.17, 15) is 9.90 Å². The number of hydrogen-bond acceptors (Lipinski definition) is 4. The summed E-state index contributed by atoms with van der Waals surface area (Å²) in [6.45, 7) is 2.44. The number of likely N-dealkylation sites (tertiary alicyclic amines) is 1. The van der Waals surface area contributed by atoms with Crippen LogP contribution in [-0.4, -0.2) is 39.2 Å². The Bertz CT molecular complexity index is 1030. The molecule has 28 heavy (non-hydrogen) atoms. The van der Waals surface area contributed by atoms with E-state index < -0.39 is 0 Å². The Hall–Kier alpha value is -2.47. The average molecular weight is 396 g/mol. The van der Waals surface area contributed by atoms with Gasteiger partial charge in [-0.2, -0.15) is 0 Å². The molecule has 1 fully saturated rings. The minimum Gasteiger partial charge on any atom is -0.392 e. The van der Waals surface area contributed by atoms with E-state index >= 15 is 0 Å². The number of nitrogens with zero attached hydrogens (tertiary/aromatic N) is 2. The first-order valence-corrected chi connectivity index (χ1v) is 9.82. The van der Waals surface area contributed by atoms with E-state index in [4.69, 9.17) is 11.6 Å². The lowest BCUT2D eigenvalue weighted by atomic mass is 10.1. The zero-order valence-electron chi connectivity index (χ0n) is 15.4. The molecule has 144 valence electrons. The third-order valence-corrected chi connectivity index (χ3v) is 5.31. The lowest BCUT2D eigenvalue weighted by molar-refractivity contribution is 0.0668. The highest BCUT2D eigenvalue weighted by Crippen LogP contribution is 2.27. The molecule has 1 aliphatic rings. The van der Waals surface area contributed by atoms with E-state index in [-0.39, 0.29) is 11.7 Å². The number of aromatic amines is 1. The number of H-pyrrole nitrogens is 1. The summed E-state index contributed by atoms with van der Waals surface area (Å²) in [4.78, 5) is 22.0. The van der Waals surface area contributed by atoms with Gasteiger partial charge in [-0.1, -0.05) is 48.0 Å². The van der Waals surface area contributed by atoms with Crippen LogP contribution in [0.25, 0.3) is 22.6 Å². The molecule has 0 amide bonds. The smallest absolute Gasteiger partial charge is 0.251 e. The van der Waals surface area contributed by atoms with Gasteiger partial charge in [0.15, 0.2) is 0 Å². The van der Waals surface area contributed by atoms with Crippen LogP contribution in [0.15, 0.2) is 59.4 Å². The number of aliphatic hydroxyl groups excluding tert-OH is 1. The van der Waals surface area contributed by atoms with Crippen LogP contribution < -0.4 is 5.56 Å². The topological polar surface area (TPSA) is 69.2 Å². The van der Waals surface area contributed by atoms with Gasteiger partial charge in [-0.3, -0.25) is 9.69 Å².